The lowest BCUT2D eigenvalue weighted by Gasteiger charge is -2.15. The molecule has 0 aromatic rings. The van der Waals surface area contributed by atoms with Gasteiger partial charge >= 0.3 is 0 Å². The van der Waals surface area contributed by atoms with Crippen molar-refractivity contribution in [3.05, 3.63) is 0 Å². The topological polar surface area (TPSA) is 32.3 Å². The average molecular weight is 143 g/mol. The van der Waals surface area contributed by atoms with Crippen LogP contribution in [0.1, 0.15) is 33.6 Å². The second-order valence-electron chi connectivity index (χ2n) is 4.29. The summed E-state index contributed by atoms with van der Waals surface area (Å²) in [5.74, 6) is 0.611. The predicted molar refractivity (Wildman–Crippen MR) is 40.9 cm³/mol. The molecule has 0 bridgehead atoms. The summed E-state index contributed by atoms with van der Waals surface area (Å²) in [5, 5.41) is 8.72. The molecule has 1 aliphatic rings. The summed E-state index contributed by atoms with van der Waals surface area (Å²) in [6.07, 6.45) is 2.30. The van der Waals surface area contributed by atoms with Crippen molar-refractivity contribution in [3.8, 4) is 0 Å². The van der Waals surface area contributed by atoms with Crippen LogP contribution in [0.5, 0.6) is 0 Å². The smallest absolute Gasteiger partial charge is 0.0350 e. The third-order valence-corrected chi connectivity index (χ3v) is 2.50. The molecular weight excluding hydrogens is 126 g/mol. The number of nitrogens with one attached hydrogen (secondary N) is 1. The Balaban J connectivity index is 2.52. The van der Waals surface area contributed by atoms with Gasteiger partial charge in [-0.05, 0) is 24.2 Å². The Bertz CT molecular complexity index is 122. The first-order valence-corrected chi connectivity index (χ1v) is 3.95. The minimum atomic E-state index is 0.315. The van der Waals surface area contributed by atoms with E-state index in [0.29, 0.717) is 17.4 Å². The molecule has 0 aromatic heterocycles. The number of hydrogen-bond donors (Lipinski definition) is 2. The molecule has 2 N–H and O–H groups in total. The van der Waals surface area contributed by atoms with Gasteiger partial charge in [-0.25, -0.2) is 5.48 Å². The fourth-order valence-corrected chi connectivity index (χ4v) is 2.07. The lowest BCUT2D eigenvalue weighted by Crippen LogP contribution is -2.28. The zero-order chi connectivity index (χ0) is 7.78. The van der Waals surface area contributed by atoms with Crippen molar-refractivity contribution in [2.45, 2.75) is 39.7 Å². The summed E-state index contributed by atoms with van der Waals surface area (Å²) in [6, 6.07) is 0.315. The molecule has 0 amide bonds. The van der Waals surface area contributed by atoms with Gasteiger partial charge in [0.1, 0.15) is 0 Å². The van der Waals surface area contributed by atoms with Crippen LogP contribution in [-0.2, 0) is 0 Å². The zero-order valence-electron chi connectivity index (χ0n) is 7.02. The van der Waals surface area contributed by atoms with E-state index in [1.165, 1.54) is 6.42 Å². The van der Waals surface area contributed by atoms with Crippen LogP contribution in [0.3, 0.4) is 0 Å². The first kappa shape index (κ1) is 8.02. The summed E-state index contributed by atoms with van der Waals surface area (Å²) < 4.78 is 0. The van der Waals surface area contributed by atoms with E-state index < -0.39 is 0 Å². The number of rotatable bonds is 1. The van der Waals surface area contributed by atoms with Crippen LogP contribution < -0.4 is 5.48 Å². The molecule has 0 heterocycles. The molecule has 0 aliphatic heterocycles. The molecule has 1 rings (SSSR count). The van der Waals surface area contributed by atoms with Gasteiger partial charge in [-0.3, -0.25) is 0 Å². The van der Waals surface area contributed by atoms with E-state index in [-0.39, 0.29) is 0 Å². The summed E-state index contributed by atoms with van der Waals surface area (Å²) >= 11 is 0. The molecule has 1 fully saturated rings. The lowest BCUT2D eigenvalue weighted by atomic mass is 9.91. The highest BCUT2D eigenvalue weighted by Gasteiger charge is 2.36. The molecule has 1 saturated carbocycles. The van der Waals surface area contributed by atoms with Gasteiger partial charge in [0.2, 0.25) is 0 Å². The number of hydroxylamine groups is 1. The van der Waals surface area contributed by atoms with E-state index in [4.69, 9.17) is 5.21 Å². The third-order valence-electron chi connectivity index (χ3n) is 2.50. The molecule has 0 aromatic carbocycles. The standard InChI is InChI=1S/C8H17NO/c1-6-4-8(2,3)5-7(6)9-10/h6-7,9-10H,4-5H2,1-3H3. The molecule has 0 spiro atoms. The molecule has 2 nitrogen and oxygen atoms in total. The quantitative estimate of drug-likeness (QED) is 0.548. The maximum absolute atomic E-state index is 8.72. The van der Waals surface area contributed by atoms with Crippen molar-refractivity contribution in [3.63, 3.8) is 0 Å². The van der Waals surface area contributed by atoms with Crippen molar-refractivity contribution >= 4 is 0 Å². The van der Waals surface area contributed by atoms with Gasteiger partial charge in [0, 0.05) is 6.04 Å². The monoisotopic (exact) mass is 143 g/mol. The van der Waals surface area contributed by atoms with E-state index >= 15 is 0 Å². The Morgan fingerprint density at radius 2 is 2.00 bits per heavy atom. The van der Waals surface area contributed by atoms with Crippen LogP contribution >= 0.6 is 0 Å². The summed E-state index contributed by atoms with van der Waals surface area (Å²) in [4.78, 5) is 0. The van der Waals surface area contributed by atoms with Crippen LogP contribution in [0.25, 0.3) is 0 Å². The lowest BCUT2D eigenvalue weighted by molar-refractivity contribution is 0.109. The Labute approximate surface area is 62.6 Å². The van der Waals surface area contributed by atoms with Crippen molar-refractivity contribution in [2.75, 3.05) is 0 Å². The molecule has 2 heteroatoms. The van der Waals surface area contributed by atoms with Crippen LogP contribution in [0.2, 0.25) is 0 Å². The van der Waals surface area contributed by atoms with Crippen LogP contribution in [0.4, 0.5) is 0 Å². The van der Waals surface area contributed by atoms with Crippen LogP contribution in [0, 0.1) is 11.3 Å². The average Bonchev–Trinajstić information content (AvgIpc) is 2.05. The minimum Gasteiger partial charge on any atom is -0.317 e. The SMILES string of the molecule is CC1CC(C)(C)CC1NO. The molecule has 1 aliphatic carbocycles. The van der Waals surface area contributed by atoms with E-state index in [9.17, 15) is 0 Å². The Morgan fingerprint density at radius 1 is 1.40 bits per heavy atom. The molecule has 60 valence electrons. The van der Waals surface area contributed by atoms with Crippen molar-refractivity contribution < 1.29 is 5.21 Å². The fraction of sp³-hybridized carbons (Fsp3) is 1.00. The van der Waals surface area contributed by atoms with Crippen molar-refractivity contribution in [1.29, 1.82) is 0 Å². The second-order valence-corrected chi connectivity index (χ2v) is 4.29. The predicted octanol–water partition coefficient (Wildman–Crippen LogP) is 1.79. The van der Waals surface area contributed by atoms with Crippen LogP contribution in [0.15, 0.2) is 0 Å². The van der Waals surface area contributed by atoms with Gasteiger partial charge < -0.3 is 5.21 Å². The van der Waals surface area contributed by atoms with Gasteiger partial charge in [-0.15, -0.1) is 0 Å². The Hall–Kier alpha value is -0.0800. The highest BCUT2D eigenvalue weighted by atomic mass is 16.5. The molecule has 2 unspecified atom stereocenters. The van der Waals surface area contributed by atoms with E-state index in [1.807, 2.05) is 0 Å². The Morgan fingerprint density at radius 3 is 2.20 bits per heavy atom. The van der Waals surface area contributed by atoms with Gasteiger partial charge in [-0.2, -0.15) is 0 Å². The van der Waals surface area contributed by atoms with Crippen molar-refractivity contribution in [1.82, 2.24) is 5.48 Å². The van der Waals surface area contributed by atoms with Gasteiger partial charge in [-0.1, -0.05) is 20.8 Å². The normalized spacial score (nSPS) is 38.4. The van der Waals surface area contributed by atoms with Gasteiger partial charge in [0.05, 0.1) is 0 Å². The summed E-state index contributed by atoms with van der Waals surface area (Å²) in [6.45, 7) is 6.68. The molecule has 0 radical (unpaired) electrons. The van der Waals surface area contributed by atoms with Crippen molar-refractivity contribution in [2.24, 2.45) is 11.3 Å². The fourth-order valence-electron chi connectivity index (χ4n) is 2.07. The van der Waals surface area contributed by atoms with E-state index in [1.54, 1.807) is 0 Å². The first-order valence-electron chi connectivity index (χ1n) is 3.95. The largest absolute Gasteiger partial charge is 0.317 e. The minimum absolute atomic E-state index is 0.315. The second kappa shape index (κ2) is 2.51. The molecular formula is C8H17NO. The van der Waals surface area contributed by atoms with Gasteiger partial charge in [0.15, 0.2) is 0 Å². The third kappa shape index (κ3) is 1.50. The Kier molecular flexibility index (Phi) is 2.02. The maximum Gasteiger partial charge on any atom is 0.0350 e. The molecule has 0 saturated heterocycles. The maximum atomic E-state index is 8.72. The zero-order valence-corrected chi connectivity index (χ0v) is 7.02. The first-order chi connectivity index (χ1) is 4.55. The highest BCUT2D eigenvalue weighted by Crippen LogP contribution is 2.40. The summed E-state index contributed by atoms with van der Waals surface area (Å²) in [7, 11) is 0. The number of hydrogen-bond acceptors (Lipinski definition) is 2. The highest BCUT2D eigenvalue weighted by molar-refractivity contribution is 4.89. The van der Waals surface area contributed by atoms with Crippen LogP contribution in [-0.4, -0.2) is 11.2 Å². The van der Waals surface area contributed by atoms with E-state index in [0.717, 1.165) is 6.42 Å². The molecule has 2 atom stereocenters. The van der Waals surface area contributed by atoms with E-state index in [2.05, 4.69) is 26.3 Å². The summed E-state index contributed by atoms with van der Waals surface area (Å²) in [5.41, 5.74) is 2.79. The van der Waals surface area contributed by atoms with Gasteiger partial charge in [0.25, 0.3) is 0 Å². The molecule has 10 heavy (non-hydrogen) atoms.